The summed E-state index contributed by atoms with van der Waals surface area (Å²) in [6, 6.07) is 12.9. The van der Waals surface area contributed by atoms with Crippen LogP contribution in [0.2, 0.25) is 0 Å². The molecule has 0 aliphatic carbocycles. The SMILES string of the molecule is CCC(=O)OC(C)c1ccc(CCOc2ccc(CC3CSCN3)cc2)nc1. The number of benzene rings is 1. The summed E-state index contributed by atoms with van der Waals surface area (Å²) in [6.07, 6.45) is 3.67. The van der Waals surface area contributed by atoms with E-state index in [1.807, 2.05) is 43.0 Å². The highest BCUT2D eigenvalue weighted by atomic mass is 32.2. The molecule has 1 aliphatic heterocycles. The van der Waals surface area contributed by atoms with Crippen molar-refractivity contribution < 1.29 is 14.3 Å². The molecule has 3 rings (SSSR count). The molecule has 2 atom stereocenters. The Morgan fingerprint density at radius 2 is 2.11 bits per heavy atom. The summed E-state index contributed by atoms with van der Waals surface area (Å²) in [7, 11) is 0. The van der Waals surface area contributed by atoms with Gasteiger partial charge in [0.1, 0.15) is 11.9 Å². The average Bonchev–Trinajstić information content (AvgIpc) is 3.22. The predicted octanol–water partition coefficient (Wildman–Crippen LogP) is 3.92. The molecule has 6 heteroatoms. The summed E-state index contributed by atoms with van der Waals surface area (Å²) in [5.41, 5.74) is 3.19. The molecule has 1 aromatic heterocycles. The molecule has 0 radical (unpaired) electrons. The highest BCUT2D eigenvalue weighted by Crippen LogP contribution is 2.19. The van der Waals surface area contributed by atoms with Crippen molar-refractivity contribution in [1.29, 1.82) is 0 Å². The molecule has 5 nitrogen and oxygen atoms in total. The van der Waals surface area contributed by atoms with Crippen molar-refractivity contribution in [3.63, 3.8) is 0 Å². The van der Waals surface area contributed by atoms with Crippen molar-refractivity contribution in [3.8, 4) is 5.75 Å². The van der Waals surface area contributed by atoms with Crippen LogP contribution in [-0.4, -0.2) is 35.2 Å². The number of pyridine rings is 1. The van der Waals surface area contributed by atoms with E-state index in [2.05, 4.69) is 22.4 Å². The topological polar surface area (TPSA) is 60.5 Å². The zero-order valence-corrected chi connectivity index (χ0v) is 17.3. The maximum atomic E-state index is 11.4. The van der Waals surface area contributed by atoms with Crippen LogP contribution in [0.3, 0.4) is 0 Å². The summed E-state index contributed by atoms with van der Waals surface area (Å²) in [4.78, 5) is 15.8. The van der Waals surface area contributed by atoms with Gasteiger partial charge in [0.2, 0.25) is 0 Å². The Kier molecular flexibility index (Phi) is 7.74. The number of hydrogen-bond acceptors (Lipinski definition) is 6. The zero-order chi connectivity index (χ0) is 19.8. The summed E-state index contributed by atoms with van der Waals surface area (Å²) in [6.45, 7) is 4.22. The van der Waals surface area contributed by atoms with Gasteiger partial charge in [-0.05, 0) is 37.1 Å². The Labute approximate surface area is 171 Å². The third-order valence-corrected chi connectivity index (χ3v) is 5.75. The molecule has 0 bridgehead atoms. The van der Waals surface area contributed by atoms with Crippen LogP contribution in [0.5, 0.6) is 5.75 Å². The van der Waals surface area contributed by atoms with Crippen molar-refractivity contribution in [2.24, 2.45) is 0 Å². The molecule has 2 heterocycles. The van der Waals surface area contributed by atoms with E-state index in [0.717, 1.165) is 35.7 Å². The van der Waals surface area contributed by atoms with Gasteiger partial charge in [-0.3, -0.25) is 9.78 Å². The van der Waals surface area contributed by atoms with Gasteiger partial charge < -0.3 is 14.8 Å². The van der Waals surface area contributed by atoms with Gasteiger partial charge in [-0.2, -0.15) is 0 Å². The number of rotatable bonds is 9. The molecule has 150 valence electrons. The molecule has 1 aliphatic rings. The first-order chi connectivity index (χ1) is 13.6. The maximum Gasteiger partial charge on any atom is 0.306 e. The zero-order valence-electron chi connectivity index (χ0n) is 16.5. The largest absolute Gasteiger partial charge is 0.493 e. The molecule has 0 spiro atoms. The fraction of sp³-hybridized carbons (Fsp3) is 0.455. The Bertz CT molecular complexity index is 743. The highest BCUT2D eigenvalue weighted by molar-refractivity contribution is 7.99. The lowest BCUT2D eigenvalue weighted by atomic mass is 10.1. The maximum absolute atomic E-state index is 11.4. The number of hydrogen-bond donors (Lipinski definition) is 1. The quantitative estimate of drug-likeness (QED) is 0.644. The molecule has 28 heavy (non-hydrogen) atoms. The number of ether oxygens (including phenoxy) is 2. The van der Waals surface area contributed by atoms with E-state index in [1.165, 1.54) is 11.3 Å². The van der Waals surface area contributed by atoms with Gasteiger partial charge in [0.15, 0.2) is 0 Å². The normalized spacial score (nSPS) is 17.3. The number of esters is 1. The van der Waals surface area contributed by atoms with E-state index >= 15 is 0 Å². The monoisotopic (exact) mass is 400 g/mol. The molecular formula is C22H28N2O3S. The van der Waals surface area contributed by atoms with Crippen molar-refractivity contribution in [2.75, 3.05) is 18.2 Å². The van der Waals surface area contributed by atoms with Crippen LogP contribution in [0.15, 0.2) is 42.6 Å². The van der Waals surface area contributed by atoms with Crippen molar-refractivity contribution in [3.05, 3.63) is 59.4 Å². The van der Waals surface area contributed by atoms with Crippen molar-refractivity contribution in [2.45, 2.75) is 45.3 Å². The van der Waals surface area contributed by atoms with Crippen LogP contribution in [0, 0.1) is 0 Å². The third kappa shape index (κ3) is 6.24. The molecule has 2 aromatic rings. The molecule has 1 saturated heterocycles. The second-order valence-corrected chi connectivity index (χ2v) is 7.96. The van der Waals surface area contributed by atoms with Crippen LogP contribution in [-0.2, 0) is 22.4 Å². The molecule has 0 saturated carbocycles. The van der Waals surface area contributed by atoms with Crippen LogP contribution < -0.4 is 10.1 Å². The van der Waals surface area contributed by atoms with Gasteiger partial charge in [0.25, 0.3) is 0 Å². The van der Waals surface area contributed by atoms with Crippen LogP contribution in [0.1, 0.15) is 43.2 Å². The molecule has 1 fully saturated rings. The summed E-state index contributed by atoms with van der Waals surface area (Å²) >= 11 is 1.96. The number of thioether (sulfide) groups is 1. The summed E-state index contributed by atoms with van der Waals surface area (Å²) in [5, 5.41) is 3.50. The van der Waals surface area contributed by atoms with Crippen molar-refractivity contribution >= 4 is 17.7 Å². The lowest BCUT2D eigenvalue weighted by Gasteiger charge is -2.13. The minimum Gasteiger partial charge on any atom is -0.493 e. The Morgan fingerprint density at radius 3 is 2.75 bits per heavy atom. The first-order valence-corrected chi connectivity index (χ1v) is 11.0. The standard InChI is InChI=1S/C22H28N2O3S/c1-3-22(25)27-16(2)18-6-7-19(23-13-18)10-11-26-21-8-4-17(5-9-21)12-20-14-28-15-24-20/h4-9,13,16,20,24H,3,10-12,14-15H2,1-2H3. The first kappa shape index (κ1) is 20.7. The van der Waals surface area contributed by atoms with E-state index in [-0.39, 0.29) is 12.1 Å². The molecule has 1 aromatic carbocycles. The minimum absolute atomic E-state index is 0.200. The Hall–Kier alpha value is -2.05. The number of nitrogens with zero attached hydrogens (tertiary/aromatic N) is 1. The van der Waals surface area contributed by atoms with Crippen molar-refractivity contribution in [1.82, 2.24) is 10.3 Å². The van der Waals surface area contributed by atoms with E-state index < -0.39 is 0 Å². The molecule has 1 N–H and O–H groups in total. The fourth-order valence-electron chi connectivity index (χ4n) is 3.02. The summed E-state index contributed by atoms with van der Waals surface area (Å²) < 4.78 is 11.2. The molecule has 2 unspecified atom stereocenters. The van der Waals surface area contributed by atoms with Gasteiger partial charge in [-0.1, -0.05) is 25.1 Å². The second-order valence-electron chi connectivity index (χ2n) is 6.93. The number of carbonyl (C=O) groups is 1. The van der Waals surface area contributed by atoms with Crippen LogP contribution >= 0.6 is 11.8 Å². The van der Waals surface area contributed by atoms with E-state index in [9.17, 15) is 4.79 Å². The number of nitrogens with one attached hydrogen (secondary N) is 1. The fourth-order valence-corrected chi connectivity index (χ4v) is 4.01. The van der Waals surface area contributed by atoms with E-state index in [0.29, 0.717) is 19.1 Å². The second kappa shape index (κ2) is 10.5. The first-order valence-electron chi connectivity index (χ1n) is 9.81. The predicted molar refractivity (Wildman–Crippen MR) is 113 cm³/mol. The van der Waals surface area contributed by atoms with E-state index in [1.54, 1.807) is 13.1 Å². The third-order valence-electron chi connectivity index (χ3n) is 4.74. The van der Waals surface area contributed by atoms with Crippen LogP contribution in [0.4, 0.5) is 0 Å². The Balaban J connectivity index is 1.42. The minimum atomic E-state index is -0.276. The summed E-state index contributed by atoms with van der Waals surface area (Å²) in [5.74, 6) is 2.93. The van der Waals surface area contributed by atoms with Gasteiger partial charge in [0, 0.05) is 48.0 Å². The van der Waals surface area contributed by atoms with Crippen LogP contribution in [0.25, 0.3) is 0 Å². The highest BCUT2D eigenvalue weighted by Gasteiger charge is 2.14. The lowest BCUT2D eigenvalue weighted by molar-refractivity contribution is -0.148. The van der Waals surface area contributed by atoms with E-state index in [4.69, 9.17) is 9.47 Å². The van der Waals surface area contributed by atoms with Gasteiger partial charge in [0.05, 0.1) is 6.61 Å². The smallest absolute Gasteiger partial charge is 0.306 e. The lowest BCUT2D eigenvalue weighted by Crippen LogP contribution is -2.25. The molecule has 0 amide bonds. The number of aromatic nitrogens is 1. The van der Waals surface area contributed by atoms with Gasteiger partial charge in [-0.25, -0.2) is 0 Å². The Morgan fingerprint density at radius 1 is 1.29 bits per heavy atom. The molecular weight excluding hydrogens is 372 g/mol. The van der Waals surface area contributed by atoms with Gasteiger partial charge in [-0.15, -0.1) is 11.8 Å². The number of carbonyl (C=O) groups excluding carboxylic acids is 1. The van der Waals surface area contributed by atoms with Gasteiger partial charge >= 0.3 is 5.97 Å². The average molecular weight is 401 g/mol.